The van der Waals surface area contributed by atoms with Crippen LogP contribution < -0.4 is 0 Å². The van der Waals surface area contributed by atoms with Crippen molar-refractivity contribution in [3.63, 3.8) is 0 Å². The van der Waals surface area contributed by atoms with Gasteiger partial charge in [-0.15, -0.1) is 0 Å². The molecule has 1 atom stereocenters. The van der Waals surface area contributed by atoms with Gasteiger partial charge in [0, 0.05) is 12.6 Å². The van der Waals surface area contributed by atoms with E-state index in [1.54, 1.807) is 0 Å². The Hall–Kier alpha value is -0.0800. The van der Waals surface area contributed by atoms with Crippen molar-refractivity contribution in [2.75, 3.05) is 19.7 Å². The maximum Gasteiger partial charge on any atom is 0.0597 e. The summed E-state index contributed by atoms with van der Waals surface area (Å²) in [5, 5.41) is 0. The summed E-state index contributed by atoms with van der Waals surface area (Å²) in [6, 6.07) is 0.768. The summed E-state index contributed by atoms with van der Waals surface area (Å²) in [6.45, 7) is 9.79. The summed E-state index contributed by atoms with van der Waals surface area (Å²) in [7, 11) is 0. The van der Waals surface area contributed by atoms with Crippen LogP contribution in [-0.2, 0) is 4.74 Å². The highest BCUT2D eigenvalue weighted by molar-refractivity contribution is 4.72. The molecule has 2 nitrogen and oxygen atoms in total. The Bertz CT molecular complexity index is 136. The van der Waals surface area contributed by atoms with Crippen molar-refractivity contribution in [2.24, 2.45) is 0 Å². The van der Waals surface area contributed by atoms with Gasteiger partial charge in [-0.1, -0.05) is 6.42 Å². The summed E-state index contributed by atoms with van der Waals surface area (Å²) in [6.07, 6.45) is 4.51. The first-order valence-electron chi connectivity index (χ1n) is 5.56. The van der Waals surface area contributed by atoms with Gasteiger partial charge in [-0.05, 0) is 40.2 Å². The van der Waals surface area contributed by atoms with Crippen molar-refractivity contribution in [1.29, 1.82) is 0 Å². The minimum absolute atomic E-state index is 0.375. The molecule has 1 unspecified atom stereocenters. The molecule has 1 saturated heterocycles. The van der Waals surface area contributed by atoms with E-state index in [2.05, 4.69) is 25.7 Å². The SMILES string of the molecule is CC(C)OCCN1CCCCC1C. The molecule has 0 radical (unpaired) electrons. The van der Waals surface area contributed by atoms with Crippen molar-refractivity contribution >= 4 is 0 Å². The molecular weight excluding hydrogens is 162 g/mol. The second kappa shape index (κ2) is 5.61. The number of likely N-dealkylation sites (tertiary alicyclic amines) is 1. The average molecular weight is 185 g/mol. The highest BCUT2D eigenvalue weighted by atomic mass is 16.5. The number of rotatable bonds is 4. The Kier molecular flexibility index (Phi) is 4.74. The Labute approximate surface area is 82.3 Å². The Morgan fingerprint density at radius 2 is 2.15 bits per heavy atom. The molecule has 1 fully saturated rings. The predicted octanol–water partition coefficient (Wildman–Crippen LogP) is 2.29. The molecule has 78 valence electrons. The molecule has 1 heterocycles. The van der Waals surface area contributed by atoms with E-state index in [-0.39, 0.29) is 0 Å². The molecule has 2 heteroatoms. The van der Waals surface area contributed by atoms with Gasteiger partial charge >= 0.3 is 0 Å². The Morgan fingerprint density at radius 1 is 1.38 bits per heavy atom. The highest BCUT2D eigenvalue weighted by Gasteiger charge is 2.17. The zero-order valence-electron chi connectivity index (χ0n) is 9.25. The molecule has 0 N–H and O–H groups in total. The largest absolute Gasteiger partial charge is 0.377 e. The highest BCUT2D eigenvalue weighted by Crippen LogP contribution is 2.15. The topological polar surface area (TPSA) is 12.5 Å². The lowest BCUT2D eigenvalue weighted by atomic mass is 10.0. The maximum atomic E-state index is 5.55. The lowest BCUT2D eigenvalue weighted by Gasteiger charge is -2.33. The van der Waals surface area contributed by atoms with Gasteiger partial charge in [-0.3, -0.25) is 4.90 Å². The predicted molar refractivity (Wildman–Crippen MR) is 56.0 cm³/mol. The minimum Gasteiger partial charge on any atom is -0.377 e. The van der Waals surface area contributed by atoms with Crippen LogP contribution in [0.2, 0.25) is 0 Å². The second-order valence-corrected chi connectivity index (χ2v) is 4.30. The molecular formula is C11H23NO. The van der Waals surface area contributed by atoms with E-state index in [0.717, 1.165) is 19.2 Å². The molecule has 0 saturated carbocycles. The van der Waals surface area contributed by atoms with E-state index in [9.17, 15) is 0 Å². The van der Waals surface area contributed by atoms with Crippen LogP contribution in [-0.4, -0.2) is 36.7 Å². The summed E-state index contributed by atoms with van der Waals surface area (Å²) in [4.78, 5) is 2.55. The summed E-state index contributed by atoms with van der Waals surface area (Å²) in [5.41, 5.74) is 0. The zero-order chi connectivity index (χ0) is 9.68. The number of piperidine rings is 1. The third-order valence-corrected chi connectivity index (χ3v) is 2.77. The molecule has 0 bridgehead atoms. The van der Waals surface area contributed by atoms with Crippen molar-refractivity contribution in [2.45, 2.75) is 52.2 Å². The number of hydrogen-bond acceptors (Lipinski definition) is 2. The van der Waals surface area contributed by atoms with Gasteiger partial charge < -0.3 is 4.74 Å². The number of nitrogens with zero attached hydrogens (tertiary/aromatic N) is 1. The van der Waals surface area contributed by atoms with E-state index >= 15 is 0 Å². The molecule has 0 aromatic carbocycles. The van der Waals surface area contributed by atoms with Crippen molar-refractivity contribution in [1.82, 2.24) is 4.90 Å². The third-order valence-electron chi connectivity index (χ3n) is 2.77. The second-order valence-electron chi connectivity index (χ2n) is 4.30. The molecule has 1 aliphatic rings. The standard InChI is InChI=1S/C11H23NO/c1-10(2)13-9-8-12-7-5-4-6-11(12)3/h10-11H,4-9H2,1-3H3. The first-order chi connectivity index (χ1) is 6.20. The van der Waals surface area contributed by atoms with Crippen LogP contribution in [0.15, 0.2) is 0 Å². The normalized spacial score (nSPS) is 25.4. The zero-order valence-corrected chi connectivity index (χ0v) is 9.25. The molecule has 0 aromatic heterocycles. The third kappa shape index (κ3) is 4.10. The Balaban J connectivity index is 2.11. The first kappa shape index (κ1) is 11.0. The van der Waals surface area contributed by atoms with Crippen LogP contribution in [0.3, 0.4) is 0 Å². The van der Waals surface area contributed by atoms with Crippen molar-refractivity contribution in [3.8, 4) is 0 Å². The van der Waals surface area contributed by atoms with Crippen molar-refractivity contribution in [3.05, 3.63) is 0 Å². The first-order valence-corrected chi connectivity index (χ1v) is 5.56. The van der Waals surface area contributed by atoms with E-state index in [4.69, 9.17) is 4.74 Å². The van der Waals surface area contributed by atoms with Gasteiger partial charge in [-0.25, -0.2) is 0 Å². The van der Waals surface area contributed by atoms with E-state index in [1.165, 1.54) is 25.8 Å². The van der Waals surface area contributed by atoms with Gasteiger partial charge in [0.25, 0.3) is 0 Å². The van der Waals surface area contributed by atoms with Crippen LogP contribution in [0, 0.1) is 0 Å². The smallest absolute Gasteiger partial charge is 0.0597 e. The molecule has 0 spiro atoms. The van der Waals surface area contributed by atoms with Crippen LogP contribution in [0.4, 0.5) is 0 Å². The number of hydrogen-bond donors (Lipinski definition) is 0. The lowest BCUT2D eigenvalue weighted by Crippen LogP contribution is -2.39. The van der Waals surface area contributed by atoms with Crippen LogP contribution >= 0.6 is 0 Å². The number of ether oxygens (including phenoxy) is 1. The molecule has 0 aromatic rings. The fraction of sp³-hybridized carbons (Fsp3) is 1.00. The molecule has 0 aliphatic carbocycles. The van der Waals surface area contributed by atoms with E-state index in [1.807, 2.05) is 0 Å². The fourth-order valence-corrected chi connectivity index (χ4v) is 1.90. The molecule has 13 heavy (non-hydrogen) atoms. The maximum absolute atomic E-state index is 5.55. The average Bonchev–Trinajstić information content (AvgIpc) is 2.08. The lowest BCUT2D eigenvalue weighted by molar-refractivity contribution is 0.0431. The molecule has 1 aliphatic heterocycles. The Morgan fingerprint density at radius 3 is 2.77 bits per heavy atom. The van der Waals surface area contributed by atoms with Gasteiger partial charge in [0.1, 0.15) is 0 Å². The quantitative estimate of drug-likeness (QED) is 0.666. The van der Waals surface area contributed by atoms with Crippen molar-refractivity contribution < 1.29 is 4.74 Å². The summed E-state index contributed by atoms with van der Waals surface area (Å²) in [5.74, 6) is 0. The fourth-order valence-electron chi connectivity index (χ4n) is 1.90. The van der Waals surface area contributed by atoms with Gasteiger partial charge in [0.2, 0.25) is 0 Å². The minimum atomic E-state index is 0.375. The van der Waals surface area contributed by atoms with Gasteiger partial charge in [0.15, 0.2) is 0 Å². The van der Waals surface area contributed by atoms with E-state index in [0.29, 0.717) is 6.10 Å². The van der Waals surface area contributed by atoms with Gasteiger partial charge in [-0.2, -0.15) is 0 Å². The van der Waals surface area contributed by atoms with Crippen LogP contribution in [0.25, 0.3) is 0 Å². The van der Waals surface area contributed by atoms with E-state index < -0.39 is 0 Å². The molecule has 1 rings (SSSR count). The summed E-state index contributed by atoms with van der Waals surface area (Å²) < 4.78 is 5.55. The monoisotopic (exact) mass is 185 g/mol. The van der Waals surface area contributed by atoms with Crippen LogP contribution in [0.5, 0.6) is 0 Å². The molecule has 0 amide bonds. The van der Waals surface area contributed by atoms with Crippen LogP contribution in [0.1, 0.15) is 40.0 Å². The summed E-state index contributed by atoms with van der Waals surface area (Å²) >= 11 is 0. The van der Waals surface area contributed by atoms with Gasteiger partial charge in [0.05, 0.1) is 12.7 Å².